The van der Waals surface area contributed by atoms with Crippen LogP contribution < -0.4 is 15.4 Å². The minimum absolute atomic E-state index is 0.0266. The number of ether oxygens (including phenoxy) is 1. The molecule has 12 heteroatoms. The van der Waals surface area contributed by atoms with Gasteiger partial charge in [-0.15, -0.1) is 11.3 Å². The van der Waals surface area contributed by atoms with Crippen molar-refractivity contribution in [3.05, 3.63) is 74.0 Å². The van der Waals surface area contributed by atoms with Crippen LogP contribution in [0.5, 0.6) is 5.75 Å². The van der Waals surface area contributed by atoms with Crippen LogP contribution >= 0.6 is 33.9 Å². The van der Waals surface area contributed by atoms with E-state index in [0.717, 1.165) is 4.90 Å². The Morgan fingerprint density at radius 1 is 1.29 bits per heavy atom. The van der Waals surface area contributed by atoms with Crippen molar-refractivity contribution in [3.63, 3.8) is 0 Å². The highest BCUT2D eigenvalue weighted by Gasteiger charge is 2.45. The first-order valence-corrected chi connectivity index (χ1v) is 12.5. The minimum atomic E-state index is -1.25. The number of benzene rings is 2. The van der Waals surface area contributed by atoms with Gasteiger partial charge in [0.15, 0.2) is 0 Å². The largest absolute Gasteiger partial charge is 0.491 e. The zero-order chi connectivity index (χ0) is 24.9. The van der Waals surface area contributed by atoms with E-state index in [0.29, 0.717) is 20.6 Å². The number of nitrogens with zero attached hydrogens (tertiary/aromatic N) is 2. The van der Waals surface area contributed by atoms with Crippen LogP contribution in [0.25, 0.3) is 0 Å². The Balaban J connectivity index is 1.58. The van der Waals surface area contributed by atoms with E-state index < -0.39 is 35.7 Å². The highest BCUT2D eigenvalue weighted by Crippen LogP contribution is 2.27. The summed E-state index contributed by atoms with van der Waals surface area (Å²) in [7, 11) is 0. The third-order valence-electron chi connectivity index (χ3n) is 5.23. The Morgan fingerprint density at radius 2 is 2.06 bits per heavy atom. The molecule has 9 nitrogen and oxygen atoms in total. The molecule has 3 aromatic rings. The van der Waals surface area contributed by atoms with Crippen LogP contribution in [0.3, 0.4) is 0 Å². The fraction of sp³-hybridized carbons (Fsp3) is 0.217. The molecule has 2 atom stereocenters. The van der Waals surface area contributed by atoms with E-state index in [1.165, 1.54) is 23.5 Å². The lowest BCUT2D eigenvalue weighted by molar-refractivity contribution is -0.134. The quantitative estimate of drug-likeness (QED) is 0.253. The van der Waals surface area contributed by atoms with Gasteiger partial charge in [0.25, 0.3) is 5.91 Å². The predicted octanol–water partition coefficient (Wildman–Crippen LogP) is 3.10. The normalized spacial score (nSPS) is 16.2. The Hall–Kier alpha value is -3.10. The number of anilines is 1. The number of carbonyl (C=O) groups excluding carboxylic acids is 3. The molecule has 2 aromatic carbocycles. The first-order valence-electron chi connectivity index (χ1n) is 10.5. The number of nitrogens with one attached hydrogen (secondary N) is 2. The van der Waals surface area contributed by atoms with Crippen LogP contribution in [0.1, 0.15) is 17.3 Å². The van der Waals surface area contributed by atoms with Gasteiger partial charge < -0.3 is 20.5 Å². The van der Waals surface area contributed by atoms with E-state index in [2.05, 4.69) is 15.6 Å². The number of aliphatic hydroxyl groups is 1. The molecule has 1 aliphatic heterocycles. The van der Waals surface area contributed by atoms with E-state index in [1.807, 2.05) is 22.6 Å². The summed E-state index contributed by atoms with van der Waals surface area (Å²) < 4.78 is 20.3. The number of imide groups is 1. The number of aromatic nitrogens is 1. The summed E-state index contributed by atoms with van der Waals surface area (Å²) in [5.74, 6) is -1.46. The topological polar surface area (TPSA) is 121 Å². The Morgan fingerprint density at radius 3 is 2.71 bits per heavy atom. The number of aliphatic hydroxyl groups excluding tert-OH is 1. The molecule has 1 fully saturated rings. The maximum absolute atomic E-state index is 14.4. The number of hydrogen-bond donors (Lipinski definition) is 3. The molecular weight excluding hydrogens is 590 g/mol. The fourth-order valence-electron chi connectivity index (χ4n) is 3.58. The molecule has 1 aromatic heterocycles. The van der Waals surface area contributed by atoms with Gasteiger partial charge in [-0.2, -0.15) is 0 Å². The molecule has 1 saturated heterocycles. The molecular formula is C23H20FIN4O5S. The van der Waals surface area contributed by atoms with Gasteiger partial charge in [0.1, 0.15) is 30.3 Å². The number of thiazole rings is 1. The minimum Gasteiger partial charge on any atom is -0.491 e. The van der Waals surface area contributed by atoms with Crippen molar-refractivity contribution >= 4 is 57.5 Å². The zero-order valence-corrected chi connectivity index (χ0v) is 21.1. The zero-order valence-electron chi connectivity index (χ0n) is 18.1. The average Bonchev–Trinajstić information content (AvgIpc) is 3.46. The van der Waals surface area contributed by atoms with Crippen molar-refractivity contribution in [2.45, 2.75) is 18.5 Å². The summed E-state index contributed by atoms with van der Waals surface area (Å²) in [6, 6.07) is 7.80. The van der Waals surface area contributed by atoms with Crippen LogP contribution in [0.4, 0.5) is 14.9 Å². The highest BCUT2D eigenvalue weighted by molar-refractivity contribution is 14.1. The molecule has 4 rings (SSSR count). The second-order valence-corrected chi connectivity index (χ2v) is 9.51. The maximum atomic E-state index is 14.4. The second kappa shape index (κ2) is 11.1. The standard InChI is InChI=1S/C23H20FIN4O5S/c24-17-9-14(25)3-6-18(17)27-21(31)19(10-15-11-35-12-26-15)29-22(32)20(28-23(29)33)13-1-4-16(5-2-13)34-8-7-30/h1-6,9,11-12,19-20,30H,7-8,10H2,(H,27,31)(H,28,33)/t19?,20-/m1/s1. The van der Waals surface area contributed by atoms with E-state index in [9.17, 15) is 18.8 Å². The van der Waals surface area contributed by atoms with Gasteiger partial charge >= 0.3 is 6.03 Å². The lowest BCUT2D eigenvalue weighted by Crippen LogP contribution is -2.49. The van der Waals surface area contributed by atoms with E-state index in [4.69, 9.17) is 9.84 Å². The summed E-state index contributed by atoms with van der Waals surface area (Å²) in [6.07, 6.45) is -0.0266. The van der Waals surface area contributed by atoms with E-state index in [1.54, 1.807) is 41.2 Å². The average molecular weight is 610 g/mol. The van der Waals surface area contributed by atoms with Crippen LogP contribution in [0.2, 0.25) is 0 Å². The lowest BCUT2D eigenvalue weighted by Gasteiger charge is -2.24. The lowest BCUT2D eigenvalue weighted by atomic mass is 10.0. The maximum Gasteiger partial charge on any atom is 0.325 e. The third-order valence-corrected chi connectivity index (χ3v) is 6.54. The number of rotatable bonds is 9. The molecule has 2 heterocycles. The summed E-state index contributed by atoms with van der Waals surface area (Å²) in [5, 5.41) is 15.7. The van der Waals surface area contributed by atoms with Crippen molar-refractivity contribution < 1.29 is 28.6 Å². The molecule has 0 aliphatic carbocycles. The van der Waals surface area contributed by atoms with Gasteiger partial charge in [-0.3, -0.25) is 9.59 Å². The molecule has 35 heavy (non-hydrogen) atoms. The van der Waals surface area contributed by atoms with Gasteiger partial charge in [0, 0.05) is 15.4 Å². The van der Waals surface area contributed by atoms with E-state index >= 15 is 0 Å². The van der Waals surface area contributed by atoms with Crippen LogP contribution in [0, 0.1) is 9.39 Å². The van der Waals surface area contributed by atoms with Gasteiger partial charge in [0.05, 0.1) is 23.5 Å². The second-order valence-electron chi connectivity index (χ2n) is 7.54. The first kappa shape index (κ1) is 25.0. The van der Waals surface area contributed by atoms with Crippen molar-refractivity contribution in [2.75, 3.05) is 18.5 Å². The predicted molar refractivity (Wildman–Crippen MR) is 134 cm³/mol. The molecule has 4 amide bonds. The van der Waals surface area contributed by atoms with Crippen molar-refractivity contribution in [3.8, 4) is 5.75 Å². The summed E-state index contributed by atoms with van der Waals surface area (Å²) in [5.41, 5.74) is 2.55. The molecule has 3 N–H and O–H groups in total. The Labute approximate surface area is 217 Å². The SMILES string of the molecule is O=C(Nc1ccc(I)cc1F)C(Cc1cscn1)N1C(=O)N[C@H](c2ccc(OCCO)cc2)C1=O. The smallest absolute Gasteiger partial charge is 0.325 e. The van der Waals surface area contributed by atoms with Gasteiger partial charge in [-0.05, 0) is 58.5 Å². The fourth-order valence-corrected chi connectivity index (χ4v) is 4.60. The highest BCUT2D eigenvalue weighted by atomic mass is 127. The first-order chi connectivity index (χ1) is 16.9. The number of amides is 4. The summed E-state index contributed by atoms with van der Waals surface area (Å²) >= 11 is 3.27. The summed E-state index contributed by atoms with van der Waals surface area (Å²) in [6.45, 7) is -0.0107. The van der Waals surface area contributed by atoms with Crippen LogP contribution in [-0.2, 0) is 16.0 Å². The number of carbonyl (C=O) groups is 3. The molecule has 182 valence electrons. The number of urea groups is 1. The van der Waals surface area contributed by atoms with Gasteiger partial charge in [-0.25, -0.2) is 19.1 Å². The van der Waals surface area contributed by atoms with E-state index in [-0.39, 0.29) is 25.3 Å². The van der Waals surface area contributed by atoms with Crippen molar-refractivity contribution in [2.24, 2.45) is 0 Å². The molecule has 0 saturated carbocycles. The Kier molecular flexibility index (Phi) is 7.93. The van der Waals surface area contributed by atoms with Crippen LogP contribution in [-0.4, -0.2) is 52.1 Å². The number of halogens is 2. The third kappa shape index (κ3) is 5.77. The molecule has 1 aliphatic rings. The molecule has 0 spiro atoms. The molecule has 1 unspecified atom stereocenters. The number of hydrogen-bond acceptors (Lipinski definition) is 7. The Bertz CT molecular complexity index is 1230. The van der Waals surface area contributed by atoms with Crippen molar-refractivity contribution in [1.29, 1.82) is 0 Å². The molecule has 0 bridgehead atoms. The summed E-state index contributed by atoms with van der Waals surface area (Å²) in [4.78, 5) is 44.5. The van der Waals surface area contributed by atoms with Crippen LogP contribution in [0.15, 0.2) is 53.4 Å². The molecule has 0 radical (unpaired) electrons. The van der Waals surface area contributed by atoms with Crippen molar-refractivity contribution in [1.82, 2.24) is 15.2 Å². The van der Waals surface area contributed by atoms with Gasteiger partial charge in [0.2, 0.25) is 5.91 Å². The monoisotopic (exact) mass is 610 g/mol. The van der Waals surface area contributed by atoms with Gasteiger partial charge in [-0.1, -0.05) is 12.1 Å².